The monoisotopic (exact) mass is 691 g/mol. The van der Waals surface area contributed by atoms with Crippen LogP contribution in [0.15, 0.2) is 51.6 Å². The number of carbonyl (C=O) groups is 1. The van der Waals surface area contributed by atoms with Crippen molar-refractivity contribution >= 4 is 11.7 Å². The zero-order valence-corrected chi connectivity index (χ0v) is 31.4. The van der Waals surface area contributed by atoms with E-state index < -0.39 is 23.3 Å². The average Bonchev–Trinajstić information content (AvgIpc) is 3.71. The smallest absolute Gasteiger partial charge is 0.334 e. The number of rotatable bonds is 1. The van der Waals surface area contributed by atoms with Crippen LogP contribution in [0.5, 0.6) is 0 Å². The lowest BCUT2D eigenvalue weighted by Crippen LogP contribution is -2.60. The molecule has 0 radical (unpaired) electrons. The van der Waals surface area contributed by atoms with Gasteiger partial charge in [0.05, 0.1) is 18.3 Å². The summed E-state index contributed by atoms with van der Waals surface area (Å²) < 4.78 is 26.1. The maximum atomic E-state index is 12.5. The van der Waals surface area contributed by atoms with Crippen molar-refractivity contribution in [1.29, 1.82) is 0 Å². The van der Waals surface area contributed by atoms with Gasteiger partial charge in [-0.1, -0.05) is 37.6 Å². The summed E-state index contributed by atoms with van der Waals surface area (Å²) in [6.45, 7) is 18.0. The number of aliphatic imine (C=N–C) groups is 1. The summed E-state index contributed by atoms with van der Waals surface area (Å²) >= 11 is 0. The van der Waals surface area contributed by atoms with E-state index in [1.807, 2.05) is 19.9 Å². The minimum Gasteiger partial charge on any atom is -0.450 e. The molecule has 11 atom stereocenters. The molecule has 4 bridgehead atoms. The van der Waals surface area contributed by atoms with Crippen LogP contribution < -0.4 is 0 Å². The van der Waals surface area contributed by atoms with Gasteiger partial charge in [0.2, 0.25) is 5.79 Å². The number of carbonyl (C=O) groups excluding carboxylic acids is 1. The van der Waals surface area contributed by atoms with E-state index in [4.69, 9.17) is 23.9 Å². The Morgan fingerprint density at radius 3 is 2.48 bits per heavy atom. The zero-order chi connectivity index (χ0) is 35.6. The van der Waals surface area contributed by atoms with Crippen LogP contribution in [0.3, 0.4) is 0 Å². The molecular weight excluding hydrogens is 630 g/mol. The molecule has 3 spiro atoms. The second-order valence-electron chi connectivity index (χ2n) is 17.5. The molecule has 1 aliphatic carbocycles. The van der Waals surface area contributed by atoms with Crippen molar-refractivity contribution < 1.29 is 34.0 Å². The van der Waals surface area contributed by atoms with Gasteiger partial charge < -0.3 is 29.2 Å². The van der Waals surface area contributed by atoms with Crippen LogP contribution in [-0.4, -0.2) is 70.0 Å². The Bertz CT molecular complexity index is 1510. The number of allylic oxidation sites excluding steroid dienone is 2. The lowest BCUT2D eigenvalue weighted by molar-refractivity contribution is -0.387. The third-order valence-corrected chi connectivity index (χ3v) is 14.0. The van der Waals surface area contributed by atoms with E-state index in [9.17, 15) is 15.0 Å². The van der Waals surface area contributed by atoms with E-state index in [0.717, 1.165) is 69.9 Å². The highest BCUT2D eigenvalue weighted by Crippen LogP contribution is 2.56. The number of aliphatic hydroxyl groups is 2. The molecule has 6 aliphatic heterocycles. The first-order valence-electron chi connectivity index (χ1n) is 19.6. The molecule has 7 aliphatic rings. The Labute approximate surface area is 299 Å². The standard InChI is InChI=1S/C42H61NO7/c1-25-9-8-10-37-40(23-28(4)29(5)24-43-37)15-13-33(36-21-27(3)38(45)47-36)30(6)34(40)20-26(2)35(44)22-32-12-16-41(48-32)17-18-42(50-41)39(7,46)14-11-31(19-25)49-42/h20-21,28-29,31-32,34-36,44,46H,1,8-19,22-24H2,2-7H3/b26-20+/t28-,29-,31-,32-,34-,35-,36?,39+,40+,41+,42+/m0/s1. The van der Waals surface area contributed by atoms with Gasteiger partial charge >= 0.3 is 5.97 Å². The van der Waals surface area contributed by atoms with Crippen LogP contribution >= 0.6 is 0 Å². The molecule has 3 fully saturated rings. The van der Waals surface area contributed by atoms with Gasteiger partial charge in [0.15, 0.2) is 5.79 Å². The van der Waals surface area contributed by atoms with Gasteiger partial charge in [0, 0.05) is 54.8 Å². The second kappa shape index (κ2) is 13.4. The van der Waals surface area contributed by atoms with Gasteiger partial charge in [0.25, 0.3) is 0 Å². The summed E-state index contributed by atoms with van der Waals surface area (Å²) in [5, 5.41) is 23.4. The molecule has 6 heterocycles. The summed E-state index contributed by atoms with van der Waals surface area (Å²) in [5.74, 6) is -1.16. The zero-order valence-electron chi connectivity index (χ0n) is 31.4. The fourth-order valence-electron chi connectivity index (χ4n) is 10.5. The molecule has 0 aromatic rings. The molecule has 0 aromatic carbocycles. The van der Waals surface area contributed by atoms with E-state index >= 15 is 0 Å². The van der Waals surface area contributed by atoms with Crippen molar-refractivity contribution in [2.75, 3.05) is 6.54 Å². The van der Waals surface area contributed by atoms with Gasteiger partial charge in [-0.05, 0) is 121 Å². The number of cyclic esters (lactones) is 1. The van der Waals surface area contributed by atoms with Crippen molar-refractivity contribution in [3.63, 3.8) is 0 Å². The topological polar surface area (TPSA) is 107 Å². The van der Waals surface area contributed by atoms with E-state index in [2.05, 4.69) is 40.3 Å². The lowest BCUT2D eigenvalue weighted by atomic mass is 9.56. The highest BCUT2D eigenvalue weighted by Gasteiger charge is 2.64. The first-order valence-corrected chi connectivity index (χ1v) is 19.6. The summed E-state index contributed by atoms with van der Waals surface area (Å²) in [4.78, 5) is 18.0. The molecule has 0 aromatic heterocycles. The first kappa shape index (κ1) is 36.3. The Morgan fingerprint density at radius 1 is 0.940 bits per heavy atom. The predicted molar refractivity (Wildman–Crippen MR) is 193 cm³/mol. The molecule has 50 heavy (non-hydrogen) atoms. The molecule has 1 unspecified atom stereocenters. The number of aliphatic hydroxyl groups excluding tert-OH is 1. The highest BCUT2D eigenvalue weighted by molar-refractivity contribution is 5.92. The highest BCUT2D eigenvalue weighted by atomic mass is 16.8. The second-order valence-corrected chi connectivity index (χ2v) is 17.5. The van der Waals surface area contributed by atoms with Gasteiger partial charge in [-0.2, -0.15) is 0 Å². The summed E-state index contributed by atoms with van der Waals surface area (Å²) in [6.07, 6.45) is 14.0. The van der Waals surface area contributed by atoms with Crippen LogP contribution in [-0.2, 0) is 23.7 Å². The van der Waals surface area contributed by atoms with Crippen molar-refractivity contribution in [3.05, 3.63) is 46.6 Å². The van der Waals surface area contributed by atoms with E-state index in [-0.39, 0.29) is 35.6 Å². The maximum Gasteiger partial charge on any atom is 0.334 e. The Kier molecular flexibility index (Phi) is 9.71. The number of hydrogen-bond acceptors (Lipinski definition) is 8. The maximum absolute atomic E-state index is 12.5. The lowest BCUT2D eigenvalue weighted by Gasteiger charge is -2.49. The van der Waals surface area contributed by atoms with Crippen LogP contribution in [0.25, 0.3) is 0 Å². The average molecular weight is 692 g/mol. The fourth-order valence-corrected chi connectivity index (χ4v) is 10.5. The van der Waals surface area contributed by atoms with Crippen molar-refractivity contribution in [3.8, 4) is 0 Å². The van der Waals surface area contributed by atoms with E-state index in [1.165, 1.54) is 22.4 Å². The fraction of sp³-hybridized carbons (Fsp3) is 0.762. The largest absolute Gasteiger partial charge is 0.450 e. The van der Waals surface area contributed by atoms with E-state index in [0.29, 0.717) is 49.5 Å². The molecular formula is C42H61NO7. The van der Waals surface area contributed by atoms with Crippen LogP contribution in [0, 0.1) is 23.2 Å². The number of esters is 1. The number of ether oxygens (including phenoxy) is 4. The number of nitrogens with zero attached hydrogens (tertiary/aromatic N) is 1. The normalized spacial score (nSPS) is 47.0. The third kappa shape index (κ3) is 6.44. The molecule has 276 valence electrons. The van der Waals surface area contributed by atoms with Crippen LogP contribution in [0.2, 0.25) is 0 Å². The minimum atomic E-state index is -1.11. The Balaban J connectivity index is 1.27. The Morgan fingerprint density at radius 2 is 1.72 bits per heavy atom. The molecule has 0 amide bonds. The molecule has 3 saturated heterocycles. The van der Waals surface area contributed by atoms with Gasteiger partial charge in [0.1, 0.15) is 11.7 Å². The molecule has 0 saturated carbocycles. The summed E-state index contributed by atoms with van der Waals surface area (Å²) in [5.41, 5.74) is 5.21. The van der Waals surface area contributed by atoms with Gasteiger partial charge in [-0.15, -0.1) is 0 Å². The molecule has 8 nitrogen and oxygen atoms in total. The van der Waals surface area contributed by atoms with Gasteiger partial charge in [-0.25, -0.2) is 4.79 Å². The first-order chi connectivity index (χ1) is 23.6. The van der Waals surface area contributed by atoms with Crippen molar-refractivity contribution in [1.82, 2.24) is 0 Å². The number of hydrogen-bond donors (Lipinski definition) is 2. The molecule has 2 N–H and O–H groups in total. The van der Waals surface area contributed by atoms with Crippen LogP contribution in [0.1, 0.15) is 131 Å². The predicted octanol–water partition coefficient (Wildman–Crippen LogP) is 7.83. The van der Waals surface area contributed by atoms with Gasteiger partial charge in [-0.3, -0.25) is 4.99 Å². The SMILES string of the molecule is C=C1CCCC2=NC[C@H](C)[C@@H](C)C[C@@]23CCC(C2C=C(C)C(=O)O2)=C(C)[C@@H]3/C=C(\C)[C@@H](O)C[C@@H]2CC[C@@]3(CC[C@@]4(O[C@@H](CC[C@@]4(C)O)C1)O3)O2. The third-order valence-electron chi connectivity index (χ3n) is 14.0. The quantitative estimate of drug-likeness (QED) is 0.213. The van der Waals surface area contributed by atoms with Crippen LogP contribution in [0.4, 0.5) is 0 Å². The van der Waals surface area contributed by atoms with Crippen molar-refractivity contribution in [2.45, 2.75) is 173 Å². The molecule has 7 rings (SSSR count). The molecule has 8 heteroatoms. The van der Waals surface area contributed by atoms with Crippen molar-refractivity contribution in [2.24, 2.45) is 28.2 Å². The minimum absolute atomic E-state index is 0.0226. The number of fused-ring (bicyclic) bond motifs is 2. The van der Waals surface area contributed by atoms with E-state index in [1.54, 1.807) is 0 Å². The summed E-state index contributed by atoms with van der Waals surface area (Å²) in [7, 11) is 0. The Hall–Kier alpha value is -2.10. The summed E-state index contributed by atoms with van der Waals surface area (Å²) in [6, 6.07) is 0.